The summed E-state index contributed by atoms with van der Waals surface area (Å²) in [5.74, 6) is 0. The fraction of sp³-hybridized carbons (Fsp3) is 0.318. The second kappa shape index (κ2) is 6.74. The molecule has 0 aliphatic rings. The predicted molar refractivity (Wildman–Crippen MR) is 106 cm³/mol. The highest BCUT2D eigenvalue weighted by molar-refractivity contribution is 6.96. The quantitative estimate of drug-likeness (QED) is 0.434. The third-order valence-corrected chi connectivity index (χ3v) is 10.5. The lowest BCUT2D eigenvalue weighted by atomic mass is 10.1. The van der Waals surface area contributed by atoms with E-state index in [2.05, 4.69) is 107 Å². The zero-order valence-electron chi connectivity index (χ0n) is 15.3. The first-order valence-electron chi connectivity index (χ1n) is 8.32. The normalized spacial score (nSPS) is 11.7. The molecule has 0 aliphatic heterocycles. The maximum atomic E-state index is 3.69. The van der Waals surface area contributed by atoms with Crippen LogP contribution in [-0.4, -0.2) is 8.07 Å². The molecule has 0 N–H and O–H groups in total. The molecular weight excluding hydrogens is 292 g/mol. The highest BCUT2D eigenvalue weighted by Gasteiger charge is 2.39. The van der Waals surface area contributed by atoms with Gasteiger partial charge < -0.3 is 0 Å². The maximum absolute atomic E-state index is 3.69. The Labute approximate surface area is 142 Å². The van der Waals surface area contributed by atoms with Crippen molar-refractivity contribution in [1.29, 1.82) is 0 Å². The van der Waals surface area contributed by atoms with Crippen LogP contribution >= 0.6 is 0 Å². The molecular formula is C22H28Si. The zero-order chi connectivity index (χ0) is 17.1. The summed E-state index contributed by atoms with van der Waals surface area (Å²) in [7, 11) is -1.69. The first kappa shape index (κ1) is 17.5. The monoisotopic (exact) mass is 320 g/mol. The molecule has 2 aromatic rings. The van der Waals surface area contributed by atoms with E-state index < -0.39 is 8.07 Å². The van der Waals surface area contributed by atoms with E-state index in [1.165, 1.54) is 21.9 Å². The molecule has 0 saturated heterocycles. The summed E-state index contributed by atoms with van der Waals surface area (Å²) in [6.45, 7) is 14.2. The minimum Gasteiger partial charge on any atom is -0.121 e. The van der Waals surface area contributed by atoms with Crippen LogP contribution in [0.1, 0.15) is 37.5 Å². The van der Waals surface area contributed by atoms with Gasteiger partial charge in [-0.15, -0.1) is 5.73 Å². The smallest absolute Gasteiger partial charge is 0.0966 e. The van der Waals surface area contributed by atoms with E-state index in [9.17, 15) is 0 Å². The number of aryl methyl sites for hydroxylation is 1. The second-order valence-electron chi connectivity index (χ2n) is 7.76. The van der Waals surface area contributed by atoms with Crippen molar-refractivity contribution < 1.29 is 0 Å². The van der Waals surface area contributed by atoms with E-state index in [0.29, 0.717) is 0 Å². The van der Waals surface area contributed by atoms with Crippen molar-refractivity contribution in [2.75, 3.05) is 0 Å². The van der Waals surface area contributed by atoms with E-state index in [0.717, 1.165) is 0 Å². The largest absolute Gasteiger partial charge is 0.121 e. The molecule has 0 radical (unpaired) electrons. The number of rotatable bonds is 3. The minimum atomic E-state index is -1.69. The van der Waals surface area contributed by atoms with Crippen molar-refractivity contribution in [1.82, 2.24) is 0 Å². The van der Waals surface area contributed by atoms with Crippen LogP contribution in [0.15, 0.2) is 60.3 Å². The molecule has 0 saturated carbocycles. The fourth-order valence-electron chi connectivity index (χ4n) is 2.53. The Morgan fingerprint density at radius 3 is 2.04 bits per heavy atom. The molecule has 2 rings (SSSR count). The minimum absolute atomic E-state index is 0.280. The van der Waals surface area contributed by atoms with Gasteiger partial charge in [0, 0.05) is 0 Å². The van der Waals surface area contributed by atoms with Crippen molar-refractivity contribution in [3.05, 3.63) is 77.0 Å². The Morgan fingerprint density at radius 2 is 1.48 bits per heavy atom. The summed E-state index contributed by atoms with van der Waals surface area (Å²) in [5, 5.41) is 1.69. The molecule has 0 bridgehead atoms. The molecule has 0 nitrogen and oxygen atoms in total. The fourth-order valence-corrected chi connectivity index (χ4v) is 4.66. The summed E-state index contributed by atoms with van der Waals surface area (Å²) in [6, 6.07) is 19.2. The highest BCUT2D eigenvalue weighted by atomic mass is 28.3. The molecule has 0 aromatic heterocycles. The van der Waals surface area contributed by atoms with Crippen LogP contribution in [0, 0.1) is 6.92 Å². The molecule has 0 aliphatic carbocycles. The Morgan fingerprint density at radius 1 is 0.913 bits per heavy atom. The molecule has 0 spiro atoms. The Kier molecular flexibility index (Phi) is 5.14. The van der Waals surface area contributed by atoms with Crippen molar-refractivity contribution in [3.63, 3.8) is 0 Å². The summed E-state index contributed by atoms with van der Waals surface area (Å²) < 4.78 is 0. The van der Waals surface area contributed by atoms with Gasteiger partial charge >= 0.3 is 0 Å². The van der Waals surface area contributed by atoms with Crippen LogP contribution in [-0.2, 0) is 0 Å². The summed E-state index contributed by atoms with van der Waals surface area (Å²) in [4.78, 5) is 0. The third kappa shape index (κ3) is 3.93. The van der Waals surface area contributed by atoms with E-state index in [1.807, 2.05) is 0 Å². The van der Waals surface area contributed by atoms with E-state index in [-0.39, 0.29) is 5.04 Å². The van der Waals surface area contributed by atoms with Gasteiger partial charge in [0.25, 0.3) is 0 Å². The van der Waals surface area contributed by atoms with Crippen LogP contribution < -0.4 is 0 Å². The first-order chi connectivity index (χ1) is 10.7. The lowest BCUT2D eigenvalue weighted by molar-refractivity contribution is 0.730. The molecule has 0 heterocycles. The zero-order valence-corrected chi connectivity index (χ0v) is 16.3. The van der Waals surface area contributed by atoms with Gasteiger partial charge in [0.1, 0.15) is 0 Å². The lowest BCUT2D eigenvalue weighted by Crippen LogP contribution is -2.38. The highest BCUT2D eigenvalue weighted by Crippen LogP contribution is 2.44. The summed E-state index contributed by atoms with van der Waals surface area (Å²) >= 11 is 0. The van der Waals surface area contributed by atoms with Gasteiger partial charge in [-0.3, -0.25) is 0 Å². The molecule has 0 unspecified atom stereocenters. The maximum Gasteiger partial charge on any atom is 0.0966 e. The number of hydrogen-bond donors (Lipinski definition) is 0. The Hall–Kier alpha value is -1.82. The van der Waals surface area contributed by atoms with Crippen LogP contribution in [0.25, 0.3) is 11.3 Å². The van der Waals surface area contributed by atoms with Crippen molar-refractivity contribution >= 4 is 19.3 Å². The van der Waals surface area contributed by atoms with Gasteiger partial charge in [0.15, 0.2) is 0 Å². The topological polar surface area (TPSA) is 0 Å². The van der Waals surface area contributed by atoms with Gasteiger partial charge in [0.2, 0.25) is 0 Å². The van der Waals surface area contributed by atoms with E-state index in [4.69, 9.17) is 0 Å². The standard InChI is InChI=1S/C22H28Si/c1-18-12-10-11-15-20(18)21(23(5,6)22(2,3)4)17-16-19-13-8-7-9-14-19/h7-16H,1-6H3. The number of benzene rings is 2. The van der Waals surface area contributed by atoms with Crippen molar-refractivity contribution in [2.45, 2.75) is 45.8 Å². The van der Waals surface area contributed by atoms with Crippen LogP contribution in [0.4, 0.5) is 0 Å². The molecule has 23 heavy (non-hydrogen) atoms. The number of hydrogen-bond acceptors (Lipinski definition) is 0. The third-order valence-electron chi connectivity index (χ3n) is 5.10. The molecule has 1 heteroatoms. The average Bonchev–Trinajstić information content (AvgIpc) is 2.49. The Bertz CT molecular complexity index is 724. The summed E-state index contributed by atoms with van der Waals surface area (Å²) in [6.07, 6.45) is 2.14. The second-order valence-corrected chi connectivity index (χ2v) is 13.0. The average molecular weight is 321 g/mol. The van der Waals surface area contributed by atoms with Gasteiger partial charge in [-0.1, -0.05) is 88.5 Å². The van der Waals surface area contributed by atoms with Crippen molar-refractivity contribution in [3.8, 4) is 0 Å². The first-order valence-corrected chi connectivity index (χ1v) is 11.3. The molecule has 120 valence electrons. The van der Waals surface area contributed by atoms with Gasteiger partial charge in [0.05, 0.1) is 8.07 Å². The van der Waals surface area contributed by atoms with Crippen LogP contribution in [0.3, 0.4) is 0 Å². The molecule has 0 amide bonds. The molecule has 2 aromatic carbocycles. The van der Waals surface area contributed by atoms with Crippen molar-refractivity contribution in [2.24, 2.45) is 0 Å². The predicted octanol–water partition coefficient (Wildman–Crippen LogP) is 6.74. The van der Waals surface area contributed by atoms with Gasteiger partial charge in [-0.2, -0.15) is 0 Å². The molecule has 0 atom stereocenters. The lowest BCUT2D eigenvalue weighted by Gasteiger charge is -2.38. The van der Waals surface area contributed by atoms with E-state index >= 15 is 0 Å². The van der Waals surface area contributed by atoms with E-state index in [1.54, 1.807) is 0 Å². The van der Waals surface area contributed by atoms with Gasteiger partial charge in [-0.25, -0.2) is 0 Å². The Balaban J connectivity index is 2.67. The SMILES string of the molecule is Cc1ccccc1C(=C=Cc1ccccc1)[Si](C)(C)C(C)(C)C. The molecule has 0 fully saturated rings. The summed E-state index contributed by atoms with van der Waals surface area (Å²) in [5.41, 5.74) is 7.59. The van der Waals surface area contributed by atoms with Gasteiger partial charge in [-0.05, 0) is 39.9 Å². The van der Waals surface area contributed by atoms with Crippen LogP contribution in [0.2, 0.25) is 18.1 Å². The van der Waals surface area contributed by atoms with Crippen LogP contribution in [0.5, 0.6) is 0 Å².